The summed E-state index contributed by atoms with van der Waals surface area (Å²) in [5.41, 5.74) is 0. The number of amides is 1. The lowest BCUT2D eigenvalue weighted by Gasteiger charge is -2.34. The van der Waals surface area contributed by atoms with Gasteiger partial charge >= 0.3 is 0 Å². The Morgan fingerprint density at radius 2 is 1.70 bits per heavy atom. The first-order valence-corrected chi connectivity index (χ1v) is 12.4. The van der Waals surface area contributed by atoms with E-state index in [4.69, 9.17) is 0 Å². The van der Waals surface area contributed by atoms with Gasteiger partial charge in [-0.2, -0.15) is 4.31 Å². The maximum Gasteiger partial charge on any atom is 0.243 e. The van der Waals surface area contributed by atoms with Crippen molar-refractivity contribution in [1.29, 1.82) is 0 Å². The van der Waals surface area contributed by atoms with Gasteiger partial charge in [0, 0.05) is 32.2 Å². The highest BCUT2D eigenvalue weighted by atomic mass is 32.2. The van der Waals surface area contributed by atoms with Gasteiger partial charge in [-0.25, -0.2) is 8.42 Å². The summed E-state index contributed by atoms with van der Waals surface area (Å²) >= 11 is 0. The Hall–Kier alpha value is -1.96. The van der Waals surface area contributed by atoms with E-state index in [2.05, 4.69) is 17.1 Å². The van der Waals surface area contributed by atoms with Gasteiger partial charge in [-0.1, -0.05) is 50.1 Å². The molecule has 1 aliphatic carbocycles. The van der Waals surface area contributed by atoms with E-state index in [-0.39, 0.29) is 11.9 Å². The van der Waals surface area contributed by atoms with Gasteiger partial charge in [0.25, 0.3) is 0 Å². The third-order valence-corrected chi connectivity index (χ3v) is 8.41. The van der Waals surface area contributed by atoms with Crippen molar-refractivity contribution in [2.45, 2.75) is 43.5 Å². The molecule has 1 N–H and O–H groups in total. The van der Waals surface area contributed by atoms with Crippen molar-refractivity contribution in [2.24, 2.45) is 5.92 Å². The number of hydrogen-bond acceptors (Lipinski definition) is 4. The van der Waals surface area contributed by atoms with Crippen LogP contribution in [0.1, 0.15) is 32.6 Å². The van der Waals surface area contributed by atoms with Gasteiger partial charge in [0.2, 0.25) is 15.9 Å². The van der Waals surface area contributed by atoms with Crippen LogP contribution in [0.4, 0.5) is 0 Å². The SMILES string of the molecule is C[C@@H]1CCCC[C@@H]1NC(=O)CN1CCN(S(=O)(=O)c2ccc3ccccc3c2)CC1. The molecule has 7 heteroatoms. The number of carbonyl (C=O) groups excluding carboxylic acids is 1. The smallest absolute Gasteiger partial charge is 0.243 e. The summed E-state index contributed by atoms with van der Waals surface area (Å²) in [4.78, 5) is 14.8. The number of nitrogens with one attached hydrogen (secondary N) is 1. The second-order valence-corrected chi connectivity index (χ2v) is 10.6. The average Bonchev–Trinajstić information content (AvgIpc) is 2.75. The summed E-state index contributed by atoms with van der Waals surface area (Å²) in [5.74, 6) is 0.589. The fourth-order valence-corrected chi connectivity index (χ4v) is 6.05. The normalized spacial score (nSPS) is 24.0. The molecule has 30 heavy (non-hydrogen) atoms. The second kappa shape index (κ2) is 9.04. The minimum Gasteiger partial charge on any atom is -0.352 e. The zero-order chi connectivity index (χ0) is 21.1. The van der Waals surface area contributed by atoms with Gasteiger partial charge in [0.05, 0.1) is 11.4 Å². The molecule has 1 saturated carbocycles. The van der Waals surface area contributed by atoms with Gasteiger partial charge in [-0.05, 0) is 41.7 Å². The van der Waals surface area contributed by atoms with Crippen molar-refractivity contribution >= 4 is 26.7 Å². The van der Waals surface area contributed by atoms with Crippen molar-refractivity contribution in [1.82, 2.24) is 14.5 Å². The molecule has 0 bridgehead atoms. The lowest BCUT2D eigenvalue weighted by atomic mass is 9.86. The molecule has 1 heterocycles. The Morgan fingerprint density at radius 3 is 2.43 bits per heavy atom. The van der Waals surface area contributed by atoms with Crippen LogP contribution in [0.5, 0.6) is 0 Å². The summed E-state index contributed by atoms with van der Waals surface area (Å²) < 4.78 is 27.7. The zero-order valence-corrected chi connectivity index (χ0v) is 18.4. The molecule has 1 amide bonds. The highest BCUT2D eigenvalue weighted by Gasteiger charge is 2.30. The number of hydrogen-bond donors (Lipinski definition) is 1. The van der Waals surface area contributed by atoms with Crippen LogP contribution in [0.2, 0.25) is 0 Å². The third-order valence-electron chi connectivity index (χ3n) is 6.52. The molecule has 2 atom stereocenters. The Morgan fingerprint density at radius 1 is 1.00 bits per heavy atom. The molecule has 162 valence electrons. The largest absolute Gasteiger partial charge is 0.352 e. The molecule has 6 nitrogen and oxygen atoms in total. The van der Waals surface area contributed by atoms with Crippen molar-refractivity contribution < 1.29 is 13.2 Å². The van der Waals surface area contributed by atoms with Crippen molar-refractivity contribution in [3.63, 3.8) is 0 Å². The standard InChI is InChI=1S/C23H31N3O3S/c1-18-6-2-5-9-22(18)24-23(27)17-25-12-14-26(15-13-25)30(28,29)21-11-10-19-7-3-4-8-20(19)16-21/h3-4,7-8,10-11,16,18,22H,2,5-6,9,12-15,17H2,1H3,(H,24,27)/t18-,22+/m1/s1. The number of fused-ring (bicyclic) bond motifs is 1. The minimum absolute atomic E-state index is 0.0552. The Balaban J connectivity index is 1.33. The summed E-state index contributed by atoms with van der Waals surface area (Å²) in [6.07, 6.45) is 4.67. The van der Waals surface area contributed by atoms with Crippen molar-refractivity contribution in [2.75, 3.05) is 32.7 Å². The lowest BCUT2D eigenvalue weighted by Crippen LogP contribution is -2.52. The van der Waals surface area contributed by atoms with Gasteiger partial charge < -0.3 is 5.32 Å². The number of sulfonamides is 1. The molecule has 2 fully saturated rings. The third kappa shape index (κ3) is 4.68. The fraction of sp³-hybridized carbons (Fsp3) is 0.522. The van der Waals surface area contributed by atoms with Crippen LogP contribution in [-0.4, -0.2) is 62.3 Å². The van der Waals surface area contributed by atoms with Gasteiger partial charge in [-0.3, -0.25) is 9.69 Å². The number of carbonyl (C=O) groups is 1. The average molecular weight is 430 g/mol. The molecule has 2 aromatic carbocycles. The first kappa shape index (κ1) is 21.3. The summed E-state index contributed by atoms with van der Waals surface area (Å²) in [6, 6.07) is 13.3. The van der Waals surface area contributed by atoms with E-state index in [9.17, 15) is 13.2 Å². The van der Waals surface area contributed by atoms with Crippen LogP contribution >= 0.6 is 0 Å². The van der Waals surface area contributed by atoms with Crippen LogP contribution in [-0.2, 0) is 14.8 Å². The predicted octanol–water partition coefficient (Wildman–Crippen LogP) is 2.84. The zero-order valence-electron chi connectivity index (χ0n) is 17.6. The van der Waals surface area contributed by atoms with E-state index in [0.29, 0.717) is 43.5 Å². The van der Waals surface area contributed by atoms with E-state index in [1.54, 1.807) is 12.1 Å². The van der Waals surface area contributed by atoms with Crippen LogP contribution in [0, 0.1) is 5.92 Å². The predicted molar refractivity (Wildman–Crippen MR) is 119 cm³/mol. The molecule has 1 aliphatic heterocycles. The number of benzene rings is 2. The molecular weight excluding hydrogens is 398 g/mol. The topological polar surface area (TPSA) is 69.7 Å². The van der Waals surface area contributed by atoms with E-state index in [0.717, 1.165) is 17.2 Å². The van der Waals surface area contributed by atoms with Crippen molar-refractivity contribution in [3.05, 3.63) is 42.5 Å². The minimum atomic E-state index is -3.53. The Bertz CT molecular complexity index is 1000. The number of piperazine rings is 1. The molecule has 4 rings (SSSR count). The Kier molecular flexibility index (Phi) is 6.41. The highest BCUT2D eigenvalue weighted by molar-refractivity contribution is 7.89. The van der Waals surface area contributed by atoms with E-state index in [1.807, 2.05) is 30.3 Å². The van der Waals surface area contributed by atoms with E-state index in [1.165, 1.54) is 23.6 Å². The maximum absolute atomic E-state index is 13.1. The first-order valence-electron chi connectivity index (χ1n) is 10.9. The quantitative estimate of drug-likeness (QED) is 0.794. The highest BCUT2D eigenvalue weighted by Crippen LogP contribution is 2.24. The van der Waals surface area contributed by atoms with Gasteiger partial charge in [-0.15, -0.1) is 0 Å². The van der Waals surface area contributed by atoms with Gasteiger partial charge in [0.15, 0.2) is 0 Å². The molecule has 0 spiro atoms. The van der Waals surface area contributed by atoms with Crippen molar-refractivity contribution in [3.8, 4) is 0 Å². The van der Waals surface area contributed by atoms with Crippen LogP contribution in [0.15, 0.2) is 47.4 Å². The molecule has 2 aromatic rings. The molecule has 2 aliphatic rings. The first-order chi connectivity index (χ1) is 14.4. The Labute approximate surface area is 179 Å². The monoisotopic (exact) mass is 429 g/mol. The number of rotatable bonds is 5. The lowest BCUT2D eigenvalue weighted by molar-refractivity contribution is -0.123. The fourth-order valence-electron chi connectivity index (χ4n) is 4.59. The van der Waals surface area contributed by atoms with Crippen LogP contribution in [0.25, 0.3) is 10.8 Å². The molecule has 1 saturated heterocycles. The summed E-state index contributed by atoms with van der Waals surface area (Å²) in [7, 11) is -3.53. The van der Waals surface area contributed by atoms with Crippen LogP contribution in [0.3, 0.4) is 0 Å². The van der Waals surface area contributed by atoms with Crippen LogP contribution < -0.4 is 5.32 Å². The second-order valence-electron chi connectivity index (χ2n) is 8.62. The van der Waals surface area contributed by atoms with E-state index < -0.39 is 10.0 Å². The number of nitrogens with zero attached hydrogens (tertiary/aromatic N) is 2. The summed E-state index contributed by atoms with van der Waals surface area (Å²) in [6.45, 7) is 4.50. The molecule has 0 radical (unpaired) electrons. The summed E-state index contributed by atoms with van der Waals surface area (Å²) in [5, 5.41) is 5.14. The van der Waals surface area contributed by atoms with E-state index >= 15 is 0 Å². The molecule has 0 aromatic heterocycles. The van der Waals surface area contributed by atoms with Gasteiger partial charge in [0.1, 0.15) is 0 Å². The molecular formula is C23H31N3O3S. The maximum atomic E-state index is 13.1. The molecule has 0 unspecified atom stereocenters.